The van der Waals surface area contributed by atoms with E-state index in [-0.39, 0.29) is 0 Å². The highest BCUT2D eigenvalue weighted by molar-refractivity contribution is 5.77. The van der Waals surface area contributed by atoms with Gasteiger partial charge in [-0.3, -0.25) is 0 Å². The van der Waals surface area contributed by atoms with Gasteiger partial charge in [-0.2, -0.15) is 4.98 Å². The molecular formula is C19H24N6O. The van der Waals surface area contributed by atoms with Crippen LogP contribution >= 0.6 is 0 Å². The van der Waals surface area contributed by atoms with Crippen molar-refractivity contribution in [2.75, 3.05) is 29.9 Å². The fourth-order valence-corrected chi connectivity index (χ4v) is 3.21. The minimum Gasteiger partial charge on any atom is -0.478 e. The summed E-state index contributed by atoms with van der Waals surface area (Å²) in [5, 5.41) is 3.44. The van der Waals surface area contributed by atoms with Gasteiger partial charge in [0, 0.05) is 31.4 Å². The lowest BCUT2D eigenvalue weighted by molar-refractivity contribution is 0.305. The molecule has 1 fully saturated rings. The van der Waals surface area contributed by atoms with Crippen molar-refractivity contribution in [2.24, 2.45) is 0 Å². The molecule has 1 saturated heterocycles. The van der Waals surface area contributed by atoms with Crippen LogP contribution < -0.4 is 15.0 Å². The number of imidazole rings is 1. The topological polar surface area (TPSA) is 79.0 Å². The molecule has 0 unspecified atom stereocenters. The molecule has 1 aliphatic rings. The van der Waals surface area contributed by atoms with Crippen molar-refractivity contribution in [2.45, 2.75) is 32.2 Å². The van der Waals surface area contributed by atoms with Gasteiger partial charge in [-0.05, 0) is 31.4 Å². The molecule has 26 heavy (non-hydrogen) atoms. The van der Waals surface area contributed by atoms with E-state index in [1.807, 2.05) is 18.2 Å². The number of fused-ring (bicyclic) bond motifs is 1. The summed E-state index contributed by atoms with van der Waals surface area (Å²) in [5.41, 5.74) is 2.10. The average molecular weight is 352 g/mol. The SMILES string of the molecule is CCCOc1ccnc(NC2CCN(c3nc4ccccc4[nH]3)CC2)n1. The zero-order chi connectivity index (χ0) is 17.8. The van der Waals surface area contributed by atoms with E-state index >= 15 is 0 Å². The Morgan fingerprint density at radius 3 is 2.85 bits per heavy atom. The van der Waals surface area contributed by atoms with Crippen molar-refractivity contribution in [3.8, 4) is 5.88 Å². The number of H-pyrrole nitrogens is 1. The first-order valence-electron chi connectivity index (χ1n) is 9.24. The number of hydrogen-bond donors (Lipinski definition) is 2. The van der Waals surface area contributed by atoms with Crippen molar-refractivity contribution in [3.05, 3.63) is 36.5 Å². The molecule has 1 aromatic carbocycles. The second-order valence-electron chi connectivity index (χ2n) is 6.55. The van der Waals surface area contributed by atoms with Crippen LogP contribution in [0.25, 0.3) is 11.0 Å². The second kappa shape index (κ2) is 7.59. The number of anilines is 2. The lowest BCUT2D eigenvalue weighted by Crippen LogP contribution is -2.39. The number of hydrogen-bond acceptors (Lipinski definition) is 6. The van der Waals surface area contributed by atoms with Crippen LogP contribution in [0, 0.1) is 0 Å². The molecule has 3 heterocycles. The zero-order valence-corrected chi connectivity index (χ0v) is 15.0. The lowest BCUT2D eigenvalue weighted by atomic mass is 10.1. The van der Waals surface area contributed by atoms with E-state index in [4.69, 9.17) is 9.72 Å². The number of ether oxygens (including phenoxy) is 1. The first kappa shape index (κ1) is 16.6. The zero-order valence-electron chi connectivity index (χ0n) is 15.0. The number of para-hydroxylation sites is 2. The van der Waals surface area contributed by atoms with Gasteiger partial charge in [0.05, 0.1) is 17.6 Å². The Morgan fingerprint density at radius 1 is 1.19 bits per heavy atom. The van der Waals surface area contributed by atoms with E-state index in [0.29, 0.717) is 24.5 Å². The third-order valence-electron chi connectivity index (χ3n) is 4.59. The fourth-order valence-electron chi connectivity index (χ4n) is 3.21. The predicted molar refractivity (Wildman–Crippen MR) is 103 cm³/mol. The summed E-state index contributed by atoms with van der Waals surface area (Å²) >= 11 is 0. The van der Waals surface area contributed by atoms with Crippen molar-refractivity contribution >= 4 is 22.9 Å². The molecule has 2 aromatic heterocycles. The van der Waals surface area contributed by atoms with E-state index < -0.39 is 0 Å². The Kier molecular flexibility index (Phi) is 4.86. The van der Waals surface area contributed by atoms with Gasteiger partial charge in [0.1, 0.15) is 0 Å². The van der Waals surface area contributed by atoms with E-state index in [0.717, 1.165) is 49.3 Å². The minimum atomic E-state index is 0.358. The molecule has 0 atom stereocenters. The molecule has 0 spiro atoms. The molecule has 4 rings (SSSR count). The van der Waals surface area contributed by atoms with Crippen LogP contribution in [0.3, 0.4) is 0 Å². The molecule has 3 aromatic rings. The highest BCUT2D eigenvalue weighted by atomic mass is 16.5. The number of piperidine rings is 1. The summed E-state index contributed by atoms with van der Waals surface area (Å²) < 4.78 is 5.58. The number of benzene rings is 1. The van der Waals surface area contributed by atoms with Gasteiger partial charge < -0.3 is 19.9 Å². The monoisotopic (exact) mass is 352 g/mol. The molecule has 0 aliphatic carbocycles. The van der Waals surface area contributed by atoms with Crippen molar-refractivity contribution in [1.29, 1.82) is 0 Å². The van der Waals surface area contributed by atoms with Crippen LogP contribution in [0.2, 0.25) is 0 Å². The van der Waals surface area contributed by atoms with E-state index in [1.165, 1.54) is 0 Å². The first-order valence-corrected chi connectivity index (χ1v) is 9.24. The Labute approximate surface area is 152 Å². The van der Waals surface area contributed by atoms with Crippen LogP contribution in [-0.4, -0.2) is 45.7 Å². The van der Waals surface area contributed by atoms with Crippen LogP contribution in [0.15, 0.2) is 36.5 Å². The van der Waals surface area contributed by atoms with Crippen LogP contribution in [-0.2, 0) is 0 Å². The molecule has 0 bridgehead atoms. The van der Waals surface area contributed by atoms with Crippen LogP contribution in [0.4, 0.5) is 11.9 Å². The summed E-state index contributed by atoms with van der Waals surface area (Å²) in [4.78, 5) is 19.2. The van der Waals surface area contributed by atoms with Gasteiger partial charge >= 0.3 is 0 Å². The molecule has 136 valence electrons. The van der Waals surface area contributed by atoms with Gasteiger partial charge in [-0.15, -0.1) is 0 Å². The second-order valence-corrected chi connectivity index (χ2v) is 6.55. The van der Waals surface area contributed by atoms with Gasteiger partial charge in [-0.1, -0.05) is 19.1 Å². The lowest BCUT2D eigenvalue weighted by Gasteiger charge is -2.32. The molecule has 7 heteroatoms. The molecule has 0 saturated carbocycles. The van der Waals surface area contributed by atoms with Gasteiger partial charge in [0.15, 0.2) is 0 Å². The number of rotatable bonds is 6. The summed E-state index contributed by atoms with van der Waals surface area (Å²) in [5.74, 6) is 2.22. The maximum Gasteiger partial charge on any atom is 0.226 e. The molecule has 0 amide bonds. The Balaban J connectivity index is 1.35. The van der Waals surface area contributed by atoms with E-state index in [2.05, 4.69) is 38.2 Å². The number of nitrogens with zero attached hydrogens (tertiary/aromatic N) is 4. The van der Waals surface area contributed by atoms with Crippen molar-refractivity contribution in [3.63, 3.8) is 0 Å². The number of aromatic amines is 1. The Bertz CT molecular complexity index is 823. The standard InChI is InChI=1S/C19H24N6O/c1-2-13-26-17-7-10-20-18(24-17)21-14-8-11-25(12-9-14)19-22-15-5-3-4-6-16(15)23-19/h3-7,10,14H,2,8-9,11-13H2,1H3,(H,22,23)(H,20,21,24). The number of nitrogens with one attached hydrogen (secondary N) is 2. The van der Waals surface area contributed by atoms with E-state index in [1.54, 1.807) is 12.3 Å². The minimum absolute atomic E-state index is 0.358. The van der Waals surface area contributed by atoms with E-state index in [9.17, 15) is 0 Å². The first-order chi connectivity index (χ1) is 12.8. The van der Waals surface area contributed by atoms with Gasteiger partial charge in [0.2, 0.25) is 17.8 Å². The molecule has 1 aliphatic heterocycles. The smallest absolute Gasteiger partial charge is 0.226 e. The summed E-state index contributed by atoms with van der Waals surface area (Å²) in [6, 6.07) is 10.3. The summed E-state index contributed by atoms with van der Waals surface area (Å²) in [6.07, 6.45) is 4.73. The molecule has 7 nitrogen and oxygen atoms in total. The maximum atomic E-state index is 5.58. The third-order valence-corrected chi connectivity index (χ3v) is 4.59. The highest BCUT2D eigenvalue weighted by Gasteiger charge is 2.22. The van der Waals surface area contributed by atoms with Gasteiger partial charge in [0.25, 0.3) is 0 Å². The van der Waals surface area contributed by atoms with Crippen molar-refractivity contribution < 1.29 is 4.74 Å². The number of aromatic nitrogens is 4. The Hall–Kier alpha value is -2.83. The maximum absolute atomic E-state index is 5.58. The normalized spacial score (nSPS) is 15.3. The van der Waals surface area contributed by atoms with Crippen LogP contribution in [0.5, 0.6) is 5.88 Å². The highest BCUT2D eigenvalue weighted by Crippen LogP contribution is 2.22. The average Bonchev–Trinajstić information content (AvgIpc) is 3.11. The van der Waals surface area contributed by atoms with Gasteiger partial charge in [-0.25, -0.2) is 9.97 Å². The fraction of sp³-hybridized carbons (Fsp3) is 0.421. The molecule has 0 radical (unpaired) electrons. The largest absolute Gasteiger partial charge is 0.478 e. The Morgan fingerprint density at radius 2 is 2.04 bits per heavy atom. The predicted octanol–water partition coefficient (Wildman–Crippen LogP) is 3.22. The third kappa shape index (κ3) is 3.71. The summed E-state index contributed by atoms with van der Waals surface area (Å²) in [6.45, 7) is 4.65. The quantitative estimate of drug-likeness (QED) is 0.709. The van der Waals surface area contributed by atoms with Crippen molar-refractivity contribution in [1.82, 2.24) is 19.9 Å². The summed E-state index contributed by atoms with van der Waals surface area (Å²) in [7, 11) is 0. The molecular weight excluding hydrogens is 328 g/mol. The van der Waals surface area contributed by atoms with Crippen LogP contribution in [0.1, 0.15) is 26.2 Å². The molecule has 2 N–H and O–H groups in total.